The van der Waals surface area contributed by atoms with Gasteiger partial charge in [0.1, 0.15) is 34.8 Å². The lowest BCUT2D eigenvalue weighted by Crippen LogP contribution is -2.42. The zero-order valence-electron chi connectivity index (χ0n) is 17.2. The minimum Gasteiger partial charge on any atom is -0.507 e. The maximum Gasteiger partial charge on any atom is 0.321 e. The van der Waals surface area contributed by atoms with E-state index in [4.69, 9.17) is 26.2 Å². The van der Waals surface area contributed by atoms with Gasteiger partial charge in [0, 0.05) is 5.56 Å². The molecule has 2 aromatic carbocycles. The molecule has 0 saturated heterocycles. The van der Waals surface area contributed by atoms with Crippen LogP contribution >= 0.6 is 11.6 Å². The Morgan fingerprint density at radius 1 is 1.21 bits per heavy atom. The third kappa shape index (κ3) is 4.45. The van der Waals surface area contributed by atoms with Crippen LogP contribution in [0.2, 0.25) is 0 Å². The predicted octanol–water partition coefficient (Wildman–Crippen LogP) is 4.71. The summed E-state index contributed by atoms with van der Waals surface area (Å²) in [6.07, 6.45) is 1.87. The second-order valence-electron chi connectivity index (χ2n) is 8.03. The van der Waals surface area contributed by atoms with Gasteiger partial charge in [0.15, 0.2) is 0 Å². The van der Waals surface area contributed by atoms with Gasteiger partial charge in [-0.2, -0.15) is 0 Å². The van der Waals surface area contributed by atoms with Crippen LogP contribution in [0.4, 0.5) is 0 Å². The molecular weight excluding hydrogens is 392 g/mol. The molecule has 0 radical (unpaired) electrons. The molecule has 156 valence electrons. The summed E-state index contributed by atoms with van der Waals surface area (Å²) < 4.78 is 12.3. The van der Waals surface area contributed by atoms with Crippen LogP contribution in [0, 0.1) is 20.8 Å². The molecule has 1 heterocycles. The average molecular weight is 419 g/mol. The highest BCUT2D eigenvalue weighted by Gasteiger charge is 2.35. The fourth-order valence-electron chi connectivity index (χ4n) is 3.65. The van der Waals surface area contributed by atoms with Crippen molar-refractivity contribution in [3.63, 3.8) is 0 Å². The summed E-state index contributed by atoms with van der Waals surface area (Å²) in [7, 11) is 0. The van der Waals surface area contributed by atoms with Gasteiger partial charge < -0.3 is 19.7 Å². The van der Waals surface area contributed by atoms with Crippen LogP contribution in [0.3, 0.4) is 0 Å². The van der Waals surface area contributed by atoms with Crippen molar-refractivity contribution in [1.82, 2.24) is 0 Å². The quantitative estimate of drug-likeness (QED) is 0.664. The predicted molar refractivity (Wildman–Crippen MR) is 113 cm³/mol. The van der Waals surface area contributed by atoms with Crippen molar-refractivity contribution in [2.75, 3.05) is 6.61 Å². The van der Waals surface area contributed by atoms with E-state index < -0.39 is 16.9 Å². The van der Waals surface area contributed by atoms with E-state index in [1.54, 1.807) is 0 Å². The van der Waals surface area contributed by atoms with Gasteiger partial charge in [-0.05, 0) is 81.3 Å². The number of halogens is 1. The average Bonchev–Trinajstić information content (AvgIpc) is 2.70. The first-order valence-corrected chi connectivity index (χ1v) is 10.1. The number of carboxylic acid groups (broad SMARTS) is 1. The Morgan fingerprint density at radius 3 is 2.48 bits per heavy atom. The smallest absolute Gasteiger partial charge is 0.321 e. The molecule has 2 unspecified atom stereocenters. The molecule has 29 heavy (non-hydrogen) atoms. The number of aliphatic carboxylic acids is 1. The third-order valence-electron chi connectivity index (χ3n) is 5.74. The van der Waals surface area contributed by atoms with Gasteiger partial charge >= 0.3 is 5.97 Å². The lowest BCUT2D eigenvalue weighted by atomic mass is 9.87. The van der Waals surface area contributed by atoms with Crippen LogP contribution in [0.5, 0.6) is 17.2 Å². The number of ether oxygens (including phenoxy) is 2. The number of hydrogen-bond donors (Lipinski definition) is 2. The number of hydrogen-bond acceptors (Lipinski definition) is 4. The van der Waals surface area contributed by atoms with Crippen molar-refractivity contribution < 1.29 is 24.5 Å². The molecule has 0 spiro atoms. The van der Waals surface area contributed by atoms with Crippen molar-refractivity contribution in [3.8, 4) is 17.2 Å². The second kappa shape index (κ2) is 8.15. The molecule has 2 aromatic rings. The fraction of sp³-hybridized carbons (Fsp3) is 0.435. The van der Waals surface area contributed by atoms with Crippen LogP contribution < -0.4 is 9.47 Å². The highest BCUT2D eigenvalue weighted by molar-refractivity contribution is 6.29. The zero-order chi connectivity index (χ0) is 21.3. The van der Waals surface area contributed by atoms with Gasteiger partial charge in [0.2, 0.25) is 0 Å². The lowest BCUT2D eigenvalue weighted by Gasteiger charge is -2.37. The summed E-state index contributed by atoms with van der Waals surface area (Å²) in [5.41, 5.74) is 4.14. The largest absolute Gasteiger partial charge is 0.507 e. The number of alkyl halides is 1. The molecule has 5 nitrogen and oxygen atoms in total. The van der Waals surface area contributed by atoms with Crippen LogP contribution in [-0.2, 0) is 17.6 Å². The topological polar surface area (TPSA) is 76.0 Å². The van der Waals surface area contributed by atoms with Gasteiger partial charge in [-0.15, -0.1) is 11.6 Å². The molecule has 6 heteroatoms. The number of carbonyl (C=O) groups is 1. The molecule has 0 fully saturated rings. The fourth-order valence-corrected chi connectivity index (χ4v) is 3.83. The van der Waals surface area contributed by atoms with Gasteiger partial charge in [0.25, 0.3) is 0 Å². The molecule has 2 N–H and O–H groups in total. The zero-order valence-corrected chi connectivity index (χ0v) is 18.0. The summed E-state index contributed by atoms with van der Waals surface area (Å²) in [5.74, 6) is 0.878. The van der Waals surface area contributed by atoms with E-state index in [1.807, 2.05) is 52.0 Å². The summed E-state index contributed by atoms with van der Waals surface area (Å²) in [5, 5.41) is 18.3. The molecule has 1 aliphatic rings. The van der Waals surface area contributed by atoms with E-state index in [0.29, 0.717) is 18.1 Å². The molecule has 0 aliphatic carbocycles. The molecule has 0 amide bonds. The highest BCUT2D eigenvalue weighted by atomic mass is 35.5. The lowest BCUT2D eigenvalue weighted by molar-refractivity contribution is -0.136. The molecule has 0 aromatic heterocycles. The number of aromatic hydroxyl groups is 1. The molecule has 0 saturated carbocycles. The number of fused-ring (bicyclic) bond motifs is 1. The Morgan fingerprint density at radius 2 is 1.86 bits per heavy atom. The number of benzene rings is 2. The first kappa shape index (κ1) is 21.3. The van der Waals surface area contributed by atoms with Crippen molar-refractivity contribution in [2.24, 2.45) is 0 Å². The van der Waals surface area contributed by atoms with Crippen LogP contribution in [0.25, 0.3) is 0 Å². The van der Waals surface area contributed by atoms with Gasteiger partial charge in [0.05, 0.1) is 0 Å². The number of carboxylic acids is 1. The molecule has 2 atom stereocenters. The van der Waals surface area contributed by atoms with Crippen molar-refractivity contribution in [2.45, 2.75) is 57.9 Å². The summed E-state index contributed by atoms with van der Waals surface area (Å²) in [6.45, 7) is 8.23. The van der Waals surface area contributed by atoms with E-state index in [2.05, 4.69) is 0 Å². The summed E-state index contributed by atoms with van der Waals surface area (Å²) in [6, 6.07) is 7.29. The Bertz CT molecular complexity index is 922. The summed E-state index contributed by atoms with van der Waals surface area (Å²) in [4.78, 5) is 10.9. The highest BCUT2D eigenvalue weighted by Crippen LogP contribution is 2.43. The van der Waals surface area contributed by atoms with Gasteiger partial charge in [-0.25, -0.2) is 0 Å². The maximum atomic E-state index is 10.9. The van der Waals surface area contributed by atoms with Gasteiger partial charge in [-0.1, -0.05) is 12.1 Å². The standard InChI is InChI=1S/C23H27ClO5/c1-13-14(2)21-18(15(3)20(13)25)9-10-23(4,29-21)12-28-17-7-5-16(6-8-17)11-19(24)22(26)27/h5-8,19,25H,9-12H2,1-4H3,(H,26,27). The van der Waals surface area contributed by atoms with E-state index >= 15 is 0 Å². The monoisotopic (exact) mass is 418 g/mol. The first-order valence-electron chi connectivity index (χ1n) is 9.70. The molecular formula is C23H27ClO5. The van der Waals surface area contributed by atoms with Crippen LogP contribution in [0.15, 0.2) is 24.3 Å². The van der Waals surface area contributed by atoms with Crippen molar-refractivity contribution in [3.05, 3.63) is 52.1 Å². The van der Waals surface area contributed by atoms with E-state index in [9.17, 15) is 9.90 Å². The Balaban J connectivity index is 1.68. The number of rotatable bonds is 6. The minimum absolute atomic E-state index is 0.263. The Labute approximate surface area is 176 Å². The Hall–Kier alpha value is -2.40. The van der Waals surface area contributed by atoms with Gasteiger partial charge in [-0.3, -0.25) is 4.79 Å². The van der Waals surface area contributed by atoms with Crippen molar-refractivity contribution >= 4 is 17.6 Å². The number of phenols is 1. The maximum absolute atomic E-state index is 10.9. The van der Waals surface area contributed by atoms with E-state index in [1.165, 1.54) is 0 Å². The normalized spacial score (nSPS) is 19.2. The first-order chi connectivity index (χ1) is 13.6. The SMILES string of the molecule is Cc1c(C)c2c(c(C)c1O)CCC(C)(COc1ccc(CC(Cl)C(=O)O)cc1)O2. The molecule has 1 aliphatic heterocycles. The Kier molecular flexibility index (Phi) is 5.99. The van der Waals surface area contributed by atoms with Crippen LogP contribution in [-0.4, -0.2) is 33.8 Å². The second-order valence-corrected chi connectivity index (χ2v) is 8.55. The summed E-state index contributed by atoms with van der Waals surface area (Å²) >= 11 is 5.79. The third-order valence-corrected chi connectivity index (χ3v) is 6.08. The van der Waals surface area contributed by atoms with E-state index in [0.717, 1.165) is 46.4 Å². The molecule has 3 rings (SSSR count). The number of phenolic OH excluding ortho intramolecular Hbond substituents is 1. The molecule has 0 bridgehead atoms. The van der Waals surface area contributed by atoms with Crippen LogP contribution in [0.1, 0.15) is 41.2 Å². The van der Waals surface area contributed by atoms with E-state index in [-0.39, 0.29) is 6.42 Å². The van der Waals surface area contributed by atoms with Crippen molar-refractivity contribution in [1.29, 1.82) is 0 Å². The minimum atomic E-state index is -1.02.